The Labute approximate surface area is 119 Å². The third-order valence-corrected chi connectivity index (χ3v) is 5.80. The molecule has 1 aliphatic rings. The topological polar surface area (TPSA) is 53.8 Å². The van der Waals surface area contributed by atoms with Gasteiger partial charge in [0.15, 0.2) is 0 Å². The van der Waals surface area contributed by atoms with Crippen LogP contribution in [0.3, 0.4) is 0 Å². The summed E-state index contributed by atoms with van der Waals surface area (Å²) in [7, 11) is -1.51. The van der Waals surface area contributed by atoms with Crippen molar-refractivity contribution in [2.75, 3.05) is 26.7 Å². The zero-order valence-corrected chi connectivity index (χ0v) is 13.0. The molecule has 108 valence electrons. The van der Waals surface area contributed by atoms with Crippen molar-refractivity contribution in [1.29, 1.82) is 0 Å². The molecule has 0 N–H and O–H groups in total. The van der Waals surface area contributed by atoms with Crippen LogP contribution in [0.5, 0.6) is 0 Å². The van der Waals surface area contributed by atoms with E-state index >= 15 is 0 Å². The second kappa shape index (κ2) is 5.44. The van der Waals surface area contributed by atoms with Crippen molar-refractivity contribution in [2.24, 2.45) is 0 Å². The van der Waals surface area contributed by atoms with E-state index in [1.54, 1.807) is 11.2 Å². The molecule has 2 heterocycles. The van der Waals surface area contributed by atoms with Crippen LogP contribution in [-0.4, -0.2) is 50.3 Å². The normalized spacial score (nSPS) is 22.8. The maximum absolute atomic E-state index is 12.7. The molecule has 1 aromatic rings. The van der Waals surface area contributed by atoms with Gasteiger partial charge in [-0.25, -0.2) is 8.42 Å². The molecule has 0 spiro atoms. The zero-order chi connectivity index (χ0) is 14.2. The molecule has 5 nitrogen and oxygen atoms in total. The second-order valence-corrected chi connectivity index (χ2v) is 7.12. The van der Waals surface area contributed by atoms with E-state index in [2.05, 4.69) is 4.90 Å². The lowest BCUT2D eigenvalue weighted by Crippen LogP contribution is -2.52. The van der Waals surface area contributed by atoms with E-state index in [0.717, 1.165) is 13.1 Å². The number of aryl methyl sites for hydroxylation is 1. The molecule has 1 atom stereocenters. The van der Waals surface area contributed by atoms with Gasteiger partial charge in [-0.2, -0.15) is 4.31 Å². The van der Waals surface area contributed by atoms with Gasteiger partial charge in [-0.05, 0) is 20.9 Å². The molecule has 0 radical (unpaired) electrons. The van der Waals surface area contributed by atoms with E-state index in [4.69, 9.17) is 16.0 Å². The van der Waals surface area contributed by atoms with Gasteiger partial charge < -0.3 is 9.32 Å². The van der Waals surface area contributed by atoms with Gasteiger partial charge in [0.2, 0.25) is 10.0 Å². The number of halogens is 1. The van der Waals surface area contributed by atoms with Crippen LogP contribution in [0.2, 0.25) is 0 Å². The van der Waals surface area contributed by atoms with E-state index in [0.29, 0.717) is 18.1 Å². The van der Waals surface area contributed by atoms with Crippen LogP contribution in [0, 0.1) is 6.92 Å². The van der Waals surface area contributed by atoms with Crippen LogP contribution in [0.25, 0.3) is 0 Å². The third-order valence-electron chi connectivity index (χ3n) is 3.41. The smallest absolute Gasteiger partial charge is 0.246 e. The summed E-state index contributed by atoms with van der Waals surface area (Å²) in [4.78, 5) is 2.36. The molecule has 1 fully saturated rings. The molecule has 1 unspecified atom stereocenters. The average molecular weight is 307 g/mol. The van der Waals surface area contributed by atoms with E-state index < -0.39 is 10.0 Å². The SMILES string of the molecule is Cc1oc(CCl)cc1S(=O)(=O)N1CCN(C)CC1C. The summed E-state index contributed by atoms with van der Waals surface area (Å²) < 4.78 is 32.2. The Kier molecular flexibility index (Phi) is 4.25. The molecule has 0 amide bonds. The fourth-order valence-electron chi connectivity index (χ4n) is 2.45. The van der Waals surface area contributed by atoms with E-state index in [1.165, 1.54) is 6.07 Å². The van der Waals surface area contributed by atoms with Crippen LogP contribution in [0.15, 0.2) is 15.4 Å². The van der Waals surface area contributed by atoms with Crippen molar-refractivity contribution in [3.8, 4) is 0 Å². The fourth-order valence-corrected chi connectivity index (χ4v) is 4.38. The van der Waals surface area contributed by atoms with Gasteiger partial charge >= 0.3 is 0 Å². The number of hydrogen-bond donors (Lipinski definition) is 0. The number of sulfonamides is 1. The molecule has 0 aliphatic carbocycles. The summed E-state index contributed by atoms with van der Waals surface area (Å²) >= 11 is 5.69. The maximum atomic E-state index is 12.7. The summed E-state index contributed by atoms with van der Waals surface area (Å²) in [5.41, 5.74) is 0. The zero-order valence-electron chi connectivity index (χ0n) is 11.4. The number of nitrogens with zero attached hydrogens (tertiary/aromatic N) is 2. The molecule has 2 rings (SSSR count). The lowest BCUT2D eigenvalue weighted by molar-refractivity contribution is 0.170. The number of furan rings is 1. The van der Waals surface area contributed by atoms with Gasteiger partial charge in [0.05, 0.1) is 5.88 Å². The number of alkyl halides is 1. The molecule has 19 heavy (non-hydrogen) atoms. The molecule has 1 aliphatic heterocycles. The van der Waals surface area contributed by atoms with Crippen molar-refractivity contribution in [3.05, 3.63) is 17.6 Å². The minimum absolute atomic E-state index is 0.0440. The lowest BCUT2D eigenvalue weighted by Gasteiger charge is -2.36. The molecule has 1 aromatic heterocycles. The van der Waals surface area contributed by atoms with Gasteiger partial charge in [-0.1, -0.05) is 0 Å². The molecule has 1 saturated heterocycles. The van der Waals surface area contributed by atoms with Crippen molar-refractivity contribution in [3.63, 3.8) is 0 Å². The fraction of sp³-hybridized carbons (Fsp3) is 0.667. The number of rotatable bonds is 3. The predicted molar refractivity (Wildman–Crippen MR) is 73.9 cm³/mol. The molecule has 0 bridgehead atoms. The summed E-state index contributed by atoms with van der Waals surface area (Å²) in [5, 5.41) is 0. The lowest BCUT2D eigenvalue weighted by atomic mass is 10.2. The first-order valence-electron chi connectivity index (χ1n) is 6.22. The summed E-state index contributed by atoms with van der Waals surface area (Å²) in [6, 6.07) is 1.49. The predicted octanol–water partition coefficient (Wildman–Crippen LogP) is 1.65. The van der Waals surface area contributed by atoms with Crippen LogP contribution in [0.1, 0.15) is 18.4 Å². The van der Waals surface area contributed by atoms with Crippen LogP contribution in [-0.2, 0) is 15.9 Å². The highest BCUT2D eigenvalue weighted by molar-refractivity contribution is 7.89. The number of hydrogen-bond acceptors (Lipinski definition) is 4. The van der Waals surface area contributed by atoms with Gasteiger partial charge in [-0.3, -0.25) is 0 Å². The van der Waals surface area contributed by atoms with E-state index in [-0.39, 0.29) is 16.8 Å². The Morgan fingerprint density at radius 3 is 2.68 bits per heavy atom. The highest BCUT2D eigenvalue weighted by Crippen LogP contribution is 2.27. The first-order valence-corrected chi connectivity index (χ1v) is 8.19. The summed E-state index contributed by atoms with van der Waals surface area (Å²) in [5.74, 6) is 1.07. The van der Waals surface area contributed by atoms with Crippen LogP contribution >= 0.6 is 11.6 Å². The molecule has 7 heteroatoms. The largest absolute Gasteiger partial charge is 0.464 e. The first-order chi connectivity index (χ1) is 8.86. The molecular weight excluding hydrogens is 288 g/mol. The second-order valence-electron chi connectivity index (χ2n) is 4.99. The first kappa shape index (κ1) is 14.8. The number of likely N-dealkylation sites (N-methyl/N-ethyl adjacent to an activating group) is 1. The molecule has 0 aromatic carbocycles. The van der Waals surface area contributed by atoms with Crippen LogP contribution in [0.4, 0.5) is 0 Å². The Balaban J connectivity index is 2.34. The van der Waals surface area contributed by atoms with Gasteiger partial charge in [0, 0.05) is 31.7 Å². The summed E-state index contributed by atoms with van der Waals surface area (Å²) in [6.45, 7) is 5.55. The van der Waals surface area contributed by atoms with Crippen molar-refractivity contribution in [1.82, 2.24) is 9.21 Å². The van der Waals surface area contributed by atoms with Crippen molar-refractivity contribution < 1.29 is 12.8 Å². The quantitative estimate of drug-likeness (QED) is 0.797. The van der Waals surface area contributed by atoms with E-state index in [1.807, 2.05) is 14.0 Å². The Morgan fingerprint density at radius 2 is 2.16 bits per heavy atom. The maximum Gasteiger partial charge on any atom is 0.246 e. The third kappa shape index (κ3) is 2.81. The van der Waals surface area contributed by atoms with Crippen molar-refractivity contribution >= 4 is 21.6 Å². The van der Waals surface area contributed by atoms with Crippen LogP contribution < -0.4 is 0 Å². The Morgan fingerprint density at radius 1 is 1.47 bits per heavy atom. The minimum Gasteiger partial charge on any atom is -0.464 e. The van der Waals surface area contributed by atoms with Crippen molar-refractivity contribution in [2.45, 2.75) is 30.7 Å². The molecule has 0 saturated carbocycles. The Bertz CT molecular complexity index is 555. The Hall–Kier alpha value is -0.560. The summed E-state index contributed by atoms with van der Waals surface area (Å²) in [6.07, 6.45) is 0. The van der Waals surface area contributed by atoms with Gasteiger partial charge in [-0.15, -0.1) is 11.6 Å². The molecular formula is C12H19ClN2O3S. The van der Waals surface area contributed by atoms with E-state index in [9.17, 15) is 8.42 Å². The average Bonchev–Trinajstić information content (AvgIpc) is 2.70. The standard InChI is InChI=1S/C12H19ClN2O3S/c1-9-8-14(3)4-5-15(9)19(16,17)12-6-11(7-13)18-10(12)2/h6,9H,4-5,7-8H2,1-3H3. The highest BCUT2D eigenvalue weighted by Gasteiger charge is 2.34. The highest BCUT2D eigenvalue weighted by atomic mass is 35.5. The monoisotopic (exact) mass is 306 g/mol. The number of piperazine rings is 1. The van der Waals surface area contributed by atoms with Gasteiger partial charge in [0.25, 0.3) is 0 Å². The van der Waals surface area contributed by atoms with Gasteiger partial charge in [0.1, 0.15) is 16.4 Å². The minimum atomic E-state index is -3.50.